The van der Waals surface area contributed by atoms with E-state index in [4.69, 9.17) is 9.47 Å². The van der Waals surface area contributed by atoms with Gasteiger partial charge in [-0.3, -0.25) is 4.99 Å². The topological polar surface area (TPSA) is 101 Å². The zero-order chi connectivity index (χ0) is 19.7. The predicted molar refractivity (Wildman–Crippen MR) is 122 cm³/mol. The second-order valence-electron chi connectivity index (χ2n) is 6.36. The van der Waals surface area contributed by atoms with Crippen molar-refractivity contribution in [1.82, 2.24) is 15.4 Å². The van der Waals surface area contributed by atoms with Crippen LogP contribution >= 0.6 is 24.0 Å². The van der Waals surface area contributed by atoms with Crippen LogP contribution in [-0.2, 0) is 21.3 Å². The van der Waals surface area contributed by atoms with Crippen molar-refractivity contribution in [3.63, 3.8) is 0 Å². The lowest BCUT2D eigenvalue weighted by molar-refractivity contribution is 0.140. The molecule has 1 aliphatic rings. The summed E-state index contributed by atoms with van der Waals surface area (Å²) in [5.41, 5.74) is 2.17. The molecule has 0 saturated carbocycles. The van der Waals surface area contributed by atoms with Gasteiger partial charge in [0, 0.05) is 38.7 Å². The van der Waals surface area contributed by atoms with E-state index in [2.05, 4.69) is 20.3 Å². The first-order valence-electron chi connectivity index (χ1n) is 9.19. The summed E-state index contributed by atoms with van der Waals surface area (Å²) in [6, 6.07) is 6.12. The number of benzene rings is 1. The van der Waals surface area contributed by atoms with Crippen molar-refractivity contribution in [3.8, 4) is 5.75 Å². The third-order valence-electron chi connectivity index (χ3n) is 4.19. The number of hydrogen-bond donors (Lipinski definition) is 3. The molecule has 160 valence electrons. The van der Waals surface area contributed by atoms with Crippen molar-refractivity contribution in [1.29, 1.82) is 0 Å². The summed E-state index contributed by atoms with van der Waals surface area (Å²) >= 11 is 0. The Hall–Kier alpha value is -1.11. The monoisotopic (exact) mass is 526 g/mol. The molecule has 1 atom stereocenters. The summed E-state index contributed by atoms with van der Waals surface area (Å²) in [4.78, 5) is 4.16. The van der Waals surface area contributed by atoms with Crippen molar-refractivity contribution in [2.75, 3.05) is 39.1 Å². The first-order valence-corrected chi connectivity index (χ1v) is 10.8. The van der Waals surface area contributed by atoms with E-state index >= 15 is 0 Å². The van der Waals surface area contributed by atoms with Gasteiger partial charge < -0.3 is 20.1 Å². The average molecular weight is 526 g/mol. The van der Waals surface area contributed by atoms with Gasteiger partial charge in [-0.2, -0.15) is 0 Å². The van der Waals surface area contributed by atoms with E-state index in [1.807, 2.05) is 25.1 Å². The van der Waals surface area contributed by atoms with Gasteiger partial charge in [0.2, 0.25) is 10.0 Å². The molecule has 0 aliphatic carbocycles. The number of aliphatic imine (C=N–C) groups is 1. The van der Waals surface area contributed by atoms with Gasteiger partial charge in [0.25, 0.3) is 0 Å². The molecule has 0 aromatic heterocycles. The summed E-state index contributed by atoms with van der Waals surface area (Å²) < 4.78 is 36.8. The number of rotatable bonds is 9. The van der Waals surface area contributed by atoms with E-state index in [0.717, 1.165) is 29.9 Å². The van der Waals surface area contributed by atoms with Gasteiger partial charge in [0.1, 0.15) is 11.9 Å². The van der Waals surface area contributed by atoms with Crippen molar-refractivity contribution in [2.24, 2.45) is 4.99 Å². The van der Waals surface area contributed by atoms with Crippen LogP contribution in [-0.4, -0.2) is 59.6 Å². The standard InChI is InChI=1S/C18H30N4O4S.HI/c1-4-27(23,24)22-9-8-20-18(19-3)21-12-15-6-5-14(2)11-17(15)26-16-7-10-25-13-16;/h5-6,11,16,22H,4,7-10,12-13H2,1-3H3,(H2,19,20,21);1H. The lowest BCUT2D eigenvalue weighted by atomic mass is 10.1. The van der Waals surface area contributed by atoms with Gasteiger partial charge >= 0.3 is 0 Å². The van der Waals surface area contributed by atoms with E-state index in [-0.39, 0.29) is 35.8 Å². The van der Waals surface area contributed by atoms with Crippen LogP contribution in [0.5, 0.6) is 5.75 Å². The van der Waals surface area contributed by atoms with Crippen molar-refractivity contribution >= 4 is 40.0 Å². The van der Waals surface area contributed by atoms with Crippen LogP contribution in [0.25, 0.3) is 0 Å². The molecule has 0 spiro atoms. The number of halogens is 1. The Morgan fingerprint density at radius 2 is 2.11 bits per heavy atom. The molecule has 0 amide bonds. The normalized spacial score (nSPS) is 17.1. The predicted octanol–water partition coefficient (Wildman–Crippen LogP) is 1.39. The van der Waals surface area contributed by atoms with Crippen LogP contribution in [0, 0.1) is 6.92 Å². The van der Waals surface area contributed by atoms with E-state index in [1.54, 1.807) is 14.0 Å². The van der Waals surface area contributed by atoms with Crippen LogP contribution in [0.1, 0.15) is 24.5 Å². The Balaban J connectivity index is 0.00000392. The van der Waals surface area contributed by atoms with E-state index < -0.39 is 10.0 Å². The van der Waals surface area contributed by atoms with Gasteiger partial charge in [0.15, 0.2) is 5.96 Å². The maximum atomic E-state index is 11.4. The van der Waals surface area contributed by atoms with E-state index in [1.165, 1.54) is 0 Å². The Morgan fingerprint density at radius 3 is 2.75 bits per heavy atom. The average Bonchev–Trinajstić information content (AvgIpc) is 3.15. The van der Waals surface area contributed by atoms with Gasteiger partial charge in [-0.15, -0.1) is 24.0 Å². The minimum atomic E-state index is -3.18. The lowest BCUT2D eigenvalue weighted by Gasteiger charge is -2.18. The van der Waals surface area contributed by atoms with Crippen molar-refractivity contribution in [2.45, 2.75) is 32.9 Å². The highest BCUT2D eigenvalue weighted by atomic mass is 127. The molecule has 1 saturated heterocycles. The maximum Gasteiger partial charge on any atom is 0.211 e. The summed E-state index contributed by atoms with van der Waals surface area (Å²) in [6.07, 6.45) is 0.993. The smallest absolute Gasteiger partial charge is 0.211 e. The van der Waals surface area contributed by atoms with Crippen LogP contribution < -0.4 is 20.1 Å². The molecular formula is C18H31IN4O4S. The Labute approximate surface area is 184 Å². The van der Waals surface area contributed by atoms with Gasteiger partial charge in [0.05, 0.1) is 19.0 Å². The maximum absolute atomic E-state index is 11.4. The van der Waals surface area contributed by atoms with Crippen LogP contribution in [0.15, 0.2) is 23.2 Å². The Kier molecular flexibility index (Phi) is 11.1. The molecule has 1 aromatic carbocycles. The molecule has 1 heterocycles. The number of nitrogens with one attached hydrogen (secondary N) is 3. The number of hydrogen-bond acceptors (Lipinski definition) is 5. The number of ether oxygens (including phenoxy) is 2. The second-order valence-corrected chi connectivity index (χ2v) is 8.46. The number of sulfonamides is 1. The number of guanidine groups is 1. The molecule has 0 bridgehead atoms. The summed E-state index contributed by atoms with van der Waals surface area (Å²) in [5.74, 6) is 1.52. The van der Waals surface area contributed by atoms with Gasteiger partial charge in [-0.25, -0.2) is 13.1 Å². The molecule has 3 N–H and O–H groups in total. The Bertz CT molecular complexity index is 737. The quantitative estimate of drug-likeness (QED) is 0.195. The fourth-order valence-corrected chi connectivity index (χ4v) is 3.21. The summed E-state index contributed by atoms with van der Waals surface area (Å²) in [7, 11) is -1.50. The van der Waals surface area contributed by atoms with Crippen LogP contribution in [0.2, 0.25) is 0 Å². The van der Waals surface area contributed by atoms with E-state index in [9.17, 15) is 8.42 Å². The molecule has 28 heavy (non-hydrogen) atoms. The molecule has 0 radical (unpaired) electrons. The SMILES string of the molecule is CCS(=O)(=O)NCCNC(=NC)NCc1ccc(C)cc1OC1CCOC1.I. The zero-order valence-corrected chi connectivity index (χ0v) is 19.8. The highest BCUT2D eigenvalue weighted by molar-refractivity contribution is 14.0. The Morgan fingerprint density at radius 1 is 1.32 bits per heavy atom. The third kappa shape index (κ3) is 8.50. The van der Waals surface area contributed by atoms with Gasteiger partial charge in [-0.05, 0) is 25.5 Å². The molecule has 1 fully saturated rings. The lowest BCUT2D eigenvalue weighted by Crippen LogP contribution is -2.41. The van der Waals surface area contributed by atoms with Gasteiger partial charge in [-0.1, -0.05) is 12.1 Å². The van der Waals surface area contributed by atoms with Crippen LogP contribution in [0.4, 0.5) is 0 Å². The fourth-order valence-electron chi connectivity index (χ4n) is 2.59. The number of aryl methyl sites for hydroxylation is 1. The van der Waals surface area contributed by atoms with E-state index in [0.29, 0.717) is 32.2 Å². The molecule has 10 heteroatoms. The molecule has 2 rings (SSSR count). The molecule has 1 aromatic rings. The molecule has 1 aliphatic heterocycles. The fraction of sp³-hybridized carbons (Fsp3) is 0.611. The van der Waals surface area contributed by atoms with Crippen molar-refractivity contribution in [3.05, 3.63) is 29.3 Å². The molecular weight excluding hydrogens is 495 g/mol. The zero-order valence-electron chi connectivity index (χ0n) is 16.7. The largest absolute Gasteiger partial charge is 0.488 e. The second kappa shape index (κ2) is 12.5. The van der Waals surface area contributed by atoms with Crippen LogP contribution in [0.3, 0.4) is 0 Å². The minimum absolute atomic E-state index is 0. The summed E-state index contributed by atoms with van der Waals surface area (Å²) in [6.45, 7) is 6.29. The minimum Gasteiger partial charge on any atom is -0.488 e. The first-order chi connectivity index (χ1) is 12.9. The highest BCUT2D eigenvalue weighted by Crippen LogP contribution is 2.23. The molecule has 1 unspecified atom stereocenters. The molecule has 8 nitrogen and oxygen atoms in total. The first kappa shape index (κ1) is 24.9. The van der Waals surface area contributed by atoms with Crippen molar-refractivity contribution < 1.29 is 17.9 Å². The number of nitrogens with zero attached hydrogens (tertiary/aromatic N) is 1. The third-order valence-corrected chi connectivity index (χ3v) is 5.60. The summed E-state index contributed by atoms with van der Waals surface area (Å²) in [5, 5.41) is 6.32. The highest BCUT2D eigenvalue weighted by Gasteiger charge is 2.18.